The van der Waals surface area contributed by atoms with Gasteiger partial charge in [0.25, 0.3) is 5.82 Å². The summed E-state index contributed by atoms with van der Waals surface area (Å²) < 4.78 is 9.94. The topological polar surface area (TPSA) is 38.3 Å². The number of phenolic OH excluding ortho intramolecular Hbond substituents is 1. The van der Waals surface area contributed by atoms with E-state index in [1.54, 1.807) is 18.2 Å². The maximum Gasteiger partial charge on any atom is 0.295 e. The van der Waals surface area contributed by atoms with Gasteiger partial charge in [0.05, 0.1) is 14.1 Å². The van der Waals surface area contributed by atoms with Crippen LogP contribution in [-0.2, 0) is 20.7 Å². The Morgan fingerprint density at radius 1 is 1.10 bits per heavy atom. The van der Waals surface area contributed by atoms with Crippen LogP contribution >= 0.6 is 0 Å². The highest BCUT2D eigenvalue weighted by molar-refractivity contribution is 5.72. The number of nitrogens with zero attached hydrogens (tertiary/aromatic N) is 2. The van der Waals surface area contributed by atoms with Crippen LogP contribution in [0.4, 0.5) is 0 Å². The van der Waals surface area contributed by atoms with Crippen molar-refractivity contribution in [2.75, 3.05) is 0 Å². The third-order valence-electron chi connectivity index (χ3n) is 3.60. The smallest absolute Gasteiger partial charge is 0.295 e. The van der Waals surface area contributed by atoms with E-state index in [1.807, 2.05) is 32.3 Å². The van der Waals surface area contributed by atoms with Gasteiger partial charge >= 0.3 is 0 Å². The minimum atomic E-state index is 0.161. The van der Waals surface area contributed by atoms with Gasteiger partial charge in [0, 0.05) is 0 Å². The molecule has 0 fully saturated rings. The third kappa shape index (κ3) is 1.99. The molecule has 0 atom stereocenters. The average molecular weight is 269 g/mol. The first-order valence-corrected chi connectivity index (χ1v) is 6.51. The zero-order valence-electron chi connectivity index (χ0n) is 11.6. The highest BCUT2D eigenvalue weighted by Gasteiger charge is 2.20. The summed E-state index contributed by atoms with van der Waals surface area (Å²) in [5.74, 6) is 1.70. The van der Waals surface area contributed by atoms with Crippen LogP contribution in [0.5, 0.6) is 11.5 Å². The summed E-state index contributed by atoms with van der Waals surface area (Å²) in [6.07, 6.45) is 0. The van der Waals surface area contributed by atoms with E-state index >= 15 is 0 Å². The number of hydrogen-bond donors (Lipinski definition) is 1. The van der Waals surface area contributed by atoms with Crippen molar-refractivity contribution in [2.24, 2.45) is 14.1 Å². The molecule has 0 spiro atoms. The van der Waals surface area contributed by atoms with Crippen molar-refractivity contribution in [2.45, 2.75) is 6.61 Å². The summed E-state index contributed by atoms with van der Waals surface area (Å²) in [6, 6.07) is 15.2. The van der Waals surface area contributed by atoms with Crippen molar-refractivity contribution in [3.05, 3.63) is 54.4 Å². The lowest BCUT2D eigenvalue weighted by molar-refractivity contribution is -0.655. The molecular weight excluding hydrogens is 252 g/mol. The molecule has 4 nitrogen and oxygen atoms in total. The number of imidazole rings is 1. The molecule has 0 radical (unpaired) electrons. The van der Waals surface area contributed by atoms with Gasteiger partial charge in [-0.25, -0.2) is 9.13 Å². The number of aromatic nitrogens is 2. The Labute approximate surface area is 117 Å². The van der Waals surface area contributed by atoms with E-state index in [1.165, 1.54) is 0 Å². The molecule has 1 heterocycles. The van der Waals surface area contributed by atoms with E-state index in [-0.39, 0.29) is 5.75 Å². The van der Waals surface area contributed by atoms with E-state index in [0.29, 0.717) is 12.4 Å². The fourth-order valence-corrected chi connectivity index (χ4v) is 2.45. The van der Waals surface area contributed by atoms with E-state index in [9.17, 15) is 5.11 Å². The molecule has 102 valence electrons. The normalized spacial score (nSPS) is 10.9. The Morgan fingerprint density at radius 2 is 1.80 bits per heavy atom. The Balaban J connectivity index is 1.94. The molecule has 2 aromatic carbocycles. The van der Waals surface area contributed by atoms with Gasteiger partial charge in [-0.2, -0.15) is 0 Å². The highest BCUT2D eigenvalue weighted by Crippen LogP contribution is 2.25. The van der Waals surface area contributed by atoms with Crippen molar-refractivity contribution < 1.29 is 14.4 Å². The SMILES string of the molecule is Cn1c(COc2ccccc2O)[n+](C)c2ccccc21. The van der Waals surface area contributed by atoms with Crippen LogP contribution in [0.15, 0.2) is 48.5 Å². The Morgan fingerprint density at radius 3 is 2.55 bits per heavy atom. The molecule has 0 saturated carbocycles. The molecule has 1 N–H and O–H groups in total. The molecule has 3 aromatic rings. The van der Waals surface area contributed by atoms with Gasteiger partial charge in [0.1, 0.15) is 0 Å². The minimum Gasteiger partial charge on any atom is -0.504 e. The quantitative estimate of drug-likeness (QED) is 0.741. The highest BCUT2D eigenvalue weighted by atomic mass is 16.5. The van der Waals surface area contributed by atoms with Crippen LogP contribution in [0.2, 0.25) is 0 Å². The first-order valence-electron chi connectivity index (χ1n) is 6.51. The molecule has 0 saturated heterocycles. The number of ether oxygens (including phenoxy) is 1. The average Bonchev–Trinajstić information content (AvgIpc) is 2.71. The molecule has 0 bridgehead atoms. The first kappa shape index (κ1) is 12.5. The van der Waals surface area contributed by atoms with Gasteiger partial charge < -0.3 is 9.84 Å². The number of benzene rings is 2. The second kappa shape index (κ2) is 4.89. The van der Waals surface area contributed by atoms with Crippen LogP contribution < -0.4 is 9.30 Å². The summed E-state index contributed by atoms with van der Waals surface area (Å²) in [6.45, 7) is 0.402. The van der Waals surface area contributed by atoms with Crippen LogP contribution in [0.25, 0.3) is 11.0 Å². The van der Waals surface area contributed by atoms with Gasteiger partial charge in [-0.3, -0.25) is 0 Å². The van der Waals surface area contributed by atoms with Gasteiger partial charge in [0.15, 0.2) is 29.1 Å². The van der Waals surface area contributed by atoms with Crippen molar-refractivity contribution in [1.29, 1.82) is 0 Å². The Kier molecular flexibility index (Phi) is 3.06. The zero-order valence-corrected chi connectivity index (χ0v) is 11.6. The number of para-hydroxylation sites is 4. The van der Waals surface area contributed by atoms with Gasteiger partial charge in [0.2, 0.25) is 0 Å². The molecule has 0 amide bonds. The maximum atomic E-state index is 9.73. The van der Waals surface area contributed by atoms with Crippen molar-refractivity contribution in [3.8, 4) is 11.5 Å². The molecular formula is C16H17N2O2+. The van der Waals surface area contributed by atoms with Gasteiger partial charge in [-0.05, 0) is 24.3 Å². The Bertz CT molecular complexity index is 723. The van der Waals surface area contributed by atoms with E-state index in [4.69, 9.17) is 4.74 Å². The number of aromatic hydroxyl groups is 1. The molecule has 4 heteroatoms. The van der Waals surface area contributed by atoms with E-state index in [0.717, 1.165) is 16.9 Å². The fourth-order valence-electron chi connectivity index (χ4n) is 2.45. The summed E-state index contributed by atoms with van der Waals surface area (Å²) in [4.78, 5) is 0. The molecule has 20 heavy (non-hydrogen) atoms. The number of hydrogen-bond acceptors (Lipinski definition) is 2. The van der Waals surface area contributed by atoms with Crippen molar-refractivity contribution >= 4 is 11.0 Å². The lowest BCUT2D eigenvalue weighted by Gasteiger charge is -2.06. The van der Waals surface area contributed by atoms with Gasteiger partial charge in [-0.1, -0.05) is 24.3 Å². The second-order valence-electron chi connectivity index (χ2n) is 4.78. The zero-order chi connectivity index (χ0) is 14.1. The molecule has 0 aliphatic rings. The molecule has 0 aliphatic heterocycles. The van der Waals surface area contributed by atoms with Crippen LogP contribution in [-0.4, -0.2) is 9.67 Å². The number of aryl methyl sites for hydroxylation is 2. The molecule has 1 aromatic heterocycles. The van der Waals surface area contributed by atoms with Crippen LogP contribution in [0.3, 0.4) is 0 Å². The third-order valence-corrected chi connectivity index (χ3v) is 3.60. The summed E-state index contributed by atoms with van der Waals surface area (Å²) in [5, 5.41) is 9.73. The minimum absolute atomic E-state index is 0.161. The summed E-state index contributed by atoms with van der Waals surface area (Å²) in [5.41, 5.74) is 2.32. The second-order valence-corrected chi connectivity index (χ2v) is 4.78. The number of fused-ring (bicyclic) bond motifs is 1. The summed E-state index contributed by atoms with van der Waals surface area (Å²) >= 11 is 0. The van der Waals surface area contributed by atoms with Crippen LogP contribution in [0, 0.1) is 0 Å². The maximum absolute atomic E-state index is 9.73. The van der Waals surface area contributed by atoms with Crippen molar-refractivity contribution in [1.82, 2.24) is 4.57 Å². The fraction of sp³-hybridized carbons (Fsp3) is 0.188. The lowest BCUT2D eigenvalue weighted by atomic mass is 10.3. The predicted molar refractivity (Wildman–Crippen MR) is 76.5 cm³/mol. The number of phenols is 1. The predicted octanol–water partition coefficient (Wildman–Crippen LogP) is 2.29. The van der Waals surface area contributed by atoms with E-state index < -0.39 is 0 Å². The van der Waals surface area contributed by atoms with E-state index in [2.05, 4.69) is 21.3 Å². The first-order chi connectivity index (χ1) is 9.68. The Hall–Kier alpha value is -2.49. The van der Waals surface area contributed by atoms with Gasteiger partial charge in [-0.15, -0.1) is 0 Å². The largest absolute Gasteiger partial charge is 0.504 e. The summed E-state index contributed by atoms with van der Waals surface area (Å²) in [7, 11) is 4.04. The standard InChI is InChI=1S/C16H16N2O2/c1-17-12-7-3-4-8-13(12)18(2)16(17)11-20-15-10-6-5-9-14(15)19/h3-10H,11H2,1-2H3/p+1. The molecule has 0 unspecified atom stereocenters. The molecule has 3 rings (SSSR count). The van der Waals surface area contributed by atoms with Crippen LogP contribution in [0.1, 0.15) is 5.82 Å². The monoisotopic (exact) mass is 269 g/mol. The lowest BCUT2D eigenvalue weighted by Crippen LogP contribution is -2.33. The van der Waals surface area contributed by atoms with Crippen molar-refractivity contribution in [3.63, 3.8) is 0 Å². The number of rotatable bonds is 3. The molecule has 0 aliphatic carbocycles.